The summed E-state index contributed by atoms with van der Waals surface area (Å²) in [7, 11) is 0. The van der Waals surface area contributed by atoms with Crippen molar-refractivity contribution in [2.45, 2.75) is 20.1 Å². The van der Waals surface area contributed by atoms with Gasteiger partial charge in [0.1, 0.15) is 13.2 Å². The van der Waals surface area contributed by atoms with Gasteiger partial charge in [0.15, 0.2) is 11.5 Å². The van der Waals surface area contributed by atoms with Crippen LogP contribution in [0.5, 0.6) is 11.5 Å². The Balaban J connectivity index is 1.82. The molecule has 0 amide bonds. The fourth-order valence-electron chi connectivity index (χ4n) is 2.63. The molecule has 0 heterocycles. The molecule has 3 aromatic carbocycles. The van der Waals surface area contributed by atoms with Crippen LogP contribution < -0.4 is 9.47 Å². The number of benzene rings is 3. The van der Waals surface area contributed by atoms with E-state index in [9.17, 15) is 4.79 Å². The predicted octanol–water partition coefficient (Wildman–Crippen LogP) is 5.33. The summed E-state index contributed by atoms with van der Waals surface area (Å²) < 4.78 is 11.9. The SMILES string of the molecule is C/C(=C/c1ccc(OCc2ccccc2)c(OCc2ccccc2)c1)C(=O)O. The fraction of sp³-hybridized carbons (Fsp3) is 0.125. The lowest BCUT2D eigenvalue weighted by molar-refractivity contribution is -0.132. The molecule has 0 spiro atoms. The number of carboxylic acids is 1. The predicted molar refractivity (Wildman–Crippen MR) is 109 cm³/mol. The van der Waals surface area contributed by atoms with Crippen LogP contribution in [0.3, 0.4) is 0 Å². The van der Waals surface area contributed by atoms with E-state index >= 15 is 0 Å². The van der Waals surface area contributed by atoms with Gasteiger partial charge < -0.3 is 14.6 Å². The summed E-state index contributed by atoms with van der Waals surface area (Å²) in [6.45, 7) is 2.38. The monoisotopic (exact) mass is 374 g/mol. The maximum Gasteiger partial charge on any atom is 0.331 e. The minimum Gasteiger partial charge on any atom is -0.485 e. The van der Waals surface area contributed by atoms with Gasteiger partial charge in [-0.15, -0.1) is 0 Å². The Morgan fingerprint density at radius 3 is 1.89 bits per heavy atom. The quantitative estimate of drug-likeness (QED) is 0.541. The third kappa shape index (κ3) is 5.48. The van der Waals surface area contributed by atoms with Gasteiger partial charge in [-0.1, -0.05) is 66.7 Å². The largest absolute Gasteiger partial charge is 0.485 e. The summed E-state index contributed by atoms with van der Waals surface area (Å²) in [5, 5.41) is 9.11. The Labute approximate surface area is 164 Å². The molecule has 0 aliphatic carbocycles. The zero-order chi connectivity index (χ0) is 19.8. The summed E-state index contributed by atoms with van der Waals surface area (Å²) in [5.74, 6) is 0.243. The summed E-state index contributed by atoms with van der Waals surface area (Å²) in [6, 6.07) is 25.2. The Kier molecular flexibility index (Phi) is 6.47. The highest BCUT2D eigenvalue weighted by Gasteiger charge is 2.09. The number of hydrogen-bond donors (Lipinski definition) is 1. The van der Waals surface area contributed by atoms with Crippen LogP contribution in [0.1, 0.15) is 23.6 Å². The first-order valence-corrected chi connectivity index (χ1v) is 9.01. The number of aliphatic carboxylic acids is 1. The average molecular weight is 374 g/mol. The van der Waals surface area contributed by atoms with Crippen LogP contribution >= 0.6 is 0 Å². The first-order valence-electron chi connectivity index (χ1n) is 9.01. The minimum absolute atomic E-state index is 0.256. The highest BCUT2D eigenvalue weighted by atomic mass is 16.5. The van der Waals surface area contributed by atoms with Gasteiger partial charge in [0.05, 0.1) is 0 Å². The minimum atomic E-state index is -0.948. The molecule has 0 bridgehead atoms. The first-order chi connectivity index (χ1) is 13.6. The normalized spacial score (nSPS) is 11.1. The van der Waals surface area contributed by atoms with Gasteiger partial charge in [0, 0.05) is 5.57 Å². The number of hydrogen-bond acceptors (Lipinski definition) is 3. The maximum absolute atomic E-state index is 11.1. The molecule has 1 N–H and O–H groups in total. The van der Waals surface area contributed by atoms with Crippen molar-refractivity contribution in [3.63, 3.8) is 0 Å². The zero-order valence-electron chi connectivity index (χ0n) is 15.7. The van der Waals surface area contributed by atoms with Crippen LogP contribution in [0.2, 0.25) is 0 Å². The maximum atomic E-state index is 11.1. The Hall–Kier alpha value is -3.53. The second-order valence-corrected chi connectivity index (χ2v) is 6.39. The molecule has 0 unspecified atom stereocenters. The lowest BCUT2D eigenvalue weighted by Gasteiger charge is -2.14. The summed E-state index contributed by atoms with van der Waals surface area (Å²) in [4.78, 5) is 11.1. The van der Waals surface area contributed by atoms with E-state index in [4.69, 9.17) is 14.6 Å². The van der Waals surface area contributed by atoms with E-state index in [2.05, 4.69) is 0 Å². The van der Waals surface area contributed by atoms with Crippen LogP contribution in [0.4, 0.5) is 0 Å². The third-order valence-corrected chi connectivity index (χ3v) is 4.16. The number of carbonyl (C=O) groups is 1. The molecular formula is C24H22O4. The Morgan fingerprint density at radius 2 is 1.36 bits per heavy atom. The van der Waals surface area contributed by atoms with Crippen LogP contribution in [-0.4, -0.2) is 11.1 Å². The fourth-order valence-corrected chi connectivity index (χ4v) is 2.63. The van der Waals surface area contributed by atoms with E-state index in [1.165, 1.54) is 0 Å². The standard InChI is InChI=1S/C24H22O4/c1-18(24(25)26)14-21-12-13-22(27-16-19-8-4-2-5-9-19)23(15-21)28-17-20-10-6-3-7-11-20/h2-15H,16-17H2,1H3,(H,25,26)/b18-14-. The molecule has 0 aromatic heterocycles. The van der Waals surface area contributed by atoms with E-state index < -0.39 is 5.97 Å². The second kappa shape index (κ2) is 9.42. The second-order valence-electron chi connectivity index (χ2n) is 6.39. The highest BCUT2D eigenvalue weighted by Crippen LogP contribution is 2.31. The molecule has 0 fully saturated rings. The smallest absolute Gasteiger partial charge is 0.331 e. The molecule has 4 nitrogen and oxygen atoms in total. The van der Waals surface area contributed by atoms with Gasteiger partial charge >= 0.3 is 5.97 Å². The van der Waals surface area contributed by atoms with E-state index in [1.54, 1.807) is 19.1 Å². The highest BCUT2D eigenvalue weighted by molar-refractivity contribution is 5.91. The van der Waals surface area contributed by atoms with Gasteiger partial charge in [-0.2, -0.15) is 0 Å². The Morgan fingerprint density at radius 1 is 0.821 bits per heavy atom. The van der Waals surface area contributed by atoms with Crippen molar-refractivity contribution in [3.8, 4) is 11.5 Å². The van der Waals surface area contributed by atoms with E-state index in [1.807, 2.05) is 72.8 Å². The van der Waals surface area contributed by atoms with Gasteiger partial charge in [0.2, 0.25) is 0 Å². The van der Waals surface area contributed by atoms with Crippen LogP contribution in [0.15, 0.2) is 84.4 Å². The van der Waals surface area contributed by atoms with Crippen LogP contribution in [-0.2, 0) is 18.0 Å². The molecule has 0 saturated carbocycles. The molecule has 3 rings (SSSR count). The van der Waals surface area contributed by atoms with Crippen molar-refractivity contribution in [3.05, 3.63) is 101 Å². The van der Waals surface area contributed by atoms with Crippen molar-refractivity contribution in [2.24, 2.45) is 0 Å². The summed E-state index contributed by atoms with van der Waals surface area (Å²) in [6.07, 6.45) is 1.61. The first kappa shape index (κ1) is 19.2. The van der Waals surface area contributed by atoms with E-state index in [-0.39, 0.29) is 5.57 Å². The molecule has 0 aliphatic heterocycles. The van der Waals surface area contributed by atoms with Crippen molar-refractivity contribution >= 4 is 12.0 Å². The Bertz CT molecular complexity index is 947. The van der Waals surface area contributed by atoms with Crippen molar-refractivity contribution < 1.29 is 19.4 Å². The molecule has 0 aliphatic rings. The van der Waals surface area contributed by atoms with Crippen molar-refractivity contribution in [1.82, 2.24) is 0 Å². The van der Waals surface area contributed by atoms with Crippen molar-refractivity contribution in [2.75, 3.05) is 0 Å². The summed E-state index contributed by atoms with van der Waals surface area (Å²) in [5.41, 5.74) is 3.10. The molecule has 142 valence electrons. The summed E-state index contributed by atoms with van der Waals surface area (Å²) >= 11 is 0. The number of carboxylic acid groups (broad SMARTS) is 1. The number of rotatable bonds is 8. The van der Waals surface area contributed by atoms with Crippen LogP contribution in [0.25, 0.3) is 6.08 Å². The molecular weight excluding hydrogens is 352 g/mol. The molecule has 0 radical (unpaired) electrons. The van der Waals surface area contributed by atoms with Gasteiger partial charge in [-0.3, -0.25) is 0 Å². The van der Waals surface area contributed by atoms with Gasteiger partial charge in [-0.05, 0) is 41.8 Å². The van der Waals surface area contributed by atoms with E-state index in [0.29, 0.717) is 24.7 Å². The molecule has 28 heavy (non-hydrogen) atoms. The molecule has 3 aromatic rings. The number of ether oxygens (including phenoxy) is 2. The van der Waals surface area contributed by atoms with E-state index in [0.717, 1.165) is 16.7 Å². The van der Waals surface area contributed by atoms with Gasteiger partial charge in [0.25, 0.3) is 0 Å². The van der Waals surface area contributed by atoms with Crippen LogP contribution in [0, 0.1) is 0 Å². The third-order valence-electron chi connectivity index (χ3n) is 4.16. The van der Waals surface area contributed by atoms with Gasteiger partial charge in [-0.25, -0.2) is 4.79 Å². The molecule has 4 heteroatoms. The lowest BCUT2D eigenvalue weighted by atomic mass is 10.1. The molecule has 0 saturated heterocycles. The lowest BCUT2D eigenvalue weighted by Crippen LogP contribution is -2.01. The topological polar surface area (TPSA) is 55.8 Å². The molecule has 0 atom stereocenters. The average Bonchev–Trinajstić information content (AvgIpc) is 2.73. The zero-order valence-corrected chi connectivity index (χ0v) is 15.7. The van der Waals surface area contributed by atoms with Crippen molar-refractivity contribution in [1.29, 1.82) is 0 Å².